The summed E-state index contributed by atoms with van der Waals surface area (Å²) >= 11 is 0. The molecule has 53 valence electrons. The molecule has 0 aliphatic heterocycles. The number of hydrogen-bond acceptors (Lipinski definition) is 1. The van der Waals surface area contributed by atoms with Crippen LogP contribution >= 0.6 is 0 Å². The molecule has 2 N–H and O–H groups in total. The standard InChI is InChI=1S/C7H15N2/c1-2-5-9-7(8)6-3-4-6/h6-9H,2-5H2,1H3. The van der Waals surface area contributed by atoms with Crippen molar-refractivity contribution in [3.63, 3.8) is 0 Å². The van der Waals surface area contributed by atoms with E-state index in [1.165, 1.54) is 12.8 Å². The lowest BCUT2D eigenvalue weighted by molar-refractivity contribution is 0.464. The van der Waals surface area contributed by atoms with Crippen molar-refractivity contribution in [3.8, 4) is 0 Å². The zero-order chi connectivity index (χ0) is 6.69. The normalized spacial score (nSPS) is 22.0. The second kappa shape index (κ2) is 3.18. The van der Waals surface area contributed by atoms with E-state index in [1.54, 1.807) is 0 Å². The second-order valence-electron chi connectivity index (χ2n) is 2.77. The van der Waals surface area contributed by atoms with Crippen LogP contribution in [-0.4, -0.2) is 12.7 Å². The van der Waals surface area contributed by atoms with Crippen LogP contribution in [0.25, 0.3) is 0 Å². The predicted molar refractivity (Wildman–Crippen MR) is 37.9 cm³/mol. The topological polar surface area (TPSA) is 35.8 Å². The lowest BCUT2D eigenvalue weighted by Gasteiger charge is -2.09. The Morgan fingerprint density at radius 2 is 2.33 bits per heavy atom. The van der Waals surface area contributed by atoms with Gasteiger partial charge in [-0.3, -0.25) is 0 Å². The number of rotatable bonds is 4. The van der Waals surface area contributed by atoms with E-state index in [2.05, 4.69) is 12.2 Å². The van der Waals surface area contributed by atoms with Crippen LogP contribution < -0.4 is 11.1 Å². The van der Waals surface area contributed by atoms with Crippen molar-refractivity contribution >= 4 is 0 Å². The third-order valence-electron chi connectivity index (χ3n) is 1.71. The third-order valence-corrected chi connectivity index (χ3v) is 1.71. The third kappa shape index (κ3) is 2.33. The molecular weight excluding hydrogens is 112 g/mol. The maximum absolute atomic E-state index is 7.48. The Bertz CT molecular complexity index is 79.0. The molecule has 9 heavy (non-hydrogen) atoms. The van der Waals surface area contributed by atoms with Crippen molar-refractivity contribution in [2.45, 2.75) is 32.4 Å². The molecule has 1 saturated carbocycles. The molecule has 1 aliphatic rings. The Balaban J connectivity index is 1.96. The second-order valence-corrected chi connectivity index (χ2v) is 2.77. The molecule has 1 unspecified atom stereocenters. The van der Waals surface area contributed by atoms with Gasteiger partial charge in [0, 0.05) is 0 Å². The first kappa shape index (κ1) is 7.03. The van der Waals surface area contributed by atoms with Crippen LogP contribution in [0.15, 0.2) is 0 Å². The molecule has 1 radical (unpaired) electrons. The van der Waals surface area contributed by atoms with Crippen molar-refractivity contribution in [3.05, 3.63) is 0 Å². The van der Waals surface area contributed by atoms with Gasteiger partial charge in [0.15, 0.2) is 0 Å². The molecule has 0 aromatic carbocycles. The fraction of sp³-hybridized carbons (Fsp3) is 1.00. The molecule has 0 spiro atoms. The van der Waals surface area contributed by atoms with E-state index in [0.29, 0.717) is 5.92 Å². The first-order valence-corrected chi connectivity index (χ1v) is 3.79. The van der Waals surface area contributed by atoms with E-state index < -0.39 is 0 Å². The van der Waals surface area contributed by atoms with Crippen LogP contribution in [0.1, 0.15) is 26.2 Å². The van der Waals surface area contributed by atoms with Crippen LogP contribution in [-0.2, 0) is 0 Å². The van der Waals surface area contributed by atoms with E-state index in [1.807, 2.05) is 0 Å². The van der Waals surface area contributed by atoms with Crippen molar-refractivity contribution < 1.29 is 0 Å². The largest absolute Gasteiger partial charge is 0.301 e. The minimum absolute atomic E-state index is 0.0324. The predicted octanol–water partition coefficient (Wildman–Crippen LogP) is 1.00. The molecule has 1 rings (SSSR count). The van der Waals surface area contributed by atoms with Crippen LogP contribution in [0.2, 0.25) is 0 Å². The zero-order valence-corrected chi connectivity index (χ0v) is 5.98. The van der Waals surface area contributed by atoms with Gasteiger partial charge in [0.1, 0.15) is 0 Å². The molecule has 1 atom stereocenters. The van der Waals surface area contributed by atoms with Crippen LogP contribution in [0.5, 0.6) is 0 Å². The van der Waals surface area contributed by atoms with Crippen LogP contribution in [0.3, 0.4) is 0 Å². The Hall–Kier alpha value is -0.0800. The summed E-state index contributed by atoms with van der Waals surface area (Å²) in [4.78, 5) is 0. The summed E-state index contributed by atoms with van der Waals surface area (Å²) < 4.78 is 0. The van der Waals surface area contributed by atoms with E-state index in [-0.39, 0.29) is 6.17 Å². The van der Waals surface area contributed by atoms with Gasteiger partial charge >= 0.3 is 0 Å². The highest BCUT2D eigenvalue weighted by molar-refractivity contribution is 4.81. The van der Waals surface area contributed by atoms with E-state index in [0.717, 1.165) is 13.0 Å². The molecule has 0 aromatic rings. The summed E-state index contributed by atoms with van der Waals surface area (Å²) in [5.74, 6) is 0.677. The highest BCUT2D eigenvalue weighted by Gasteiger charge is 2.28. The average molecular weight is 127 g/mol. The Morgan fingerprint density at radius 3 is 2.78 bits per heavy atom. The lowest BCUT2D eigenvalue weighted by Crippen LogP contribution is -2.32. The van der Waals surface area contributed by atoms with Gasteiger partial charge < -0.3 is 5.32 Å². The molecule has 0 saturated heterocycles. The first-order chi connectivity index (χ1) is 4.34. The van der Waals surface area contributed by atoms with Gasteiger partial charge in [0.05, 0.1) is 6.17 Å². The van der Waals surface area contributed by atoms with Crippen LogP contribution in [0.4, 0.5) is 0 Å². The highest BCUT2D eigenvalue weighted by Crippen LogP contribution is 2.30. The molecule has 2 heteroatoms. The highest BCUT2D eigenvalue weighted by atomic mass is 15.0. The Kier molecular flexibility index (Phi) is 2.49. The maximum Gasteiger partial charge on any atom is 0.0733 e. The molecule has 2 nitrogen and oxygen atoms in total. The van der Waals surface area contributed by atoms with Gasteiger partial charge in [-0.15, -0.1) is 0 Å². The number of nitrogens with one attached hydrogen (secondary N) is 2. The first-order valence-electron chi connectivity index (χ1n) is 3.79. The Labute approximate surface area is 56.8 Å². The minimum atomic E-state index is 0.0324. The van der Waals surface area contributed by atoms with Crippen molar-refractivity contribution in [1.82, 2.24) is 11.1 Å². The number of hydrogen-bond donors (Lipinski definition) is 1. The smallest absolute Gasteiger partial charge is 0.0733 e. The molecule has 0 bridgehead atoms. The molecule has 0 amide bonds. The summed E-state index contributed by atoms with van der Waals surface area (Å²) in [6.45, 7) is 3.14. The average Bonchev–Trinajstić information content (AvgIpc) is 2.63. The molecule has 0 aromatic heterocycles. The summed E-state index contributed by atoms with van der Waals surface area (Å²) in [7, 11) is 0. The molecular formula is C7H15N2. The van der Waals surface area contributed by atoms with Gasteiger partial charge in [0.2, 0.25) is 0 Å². The summed E-state index contributed by atoms with van der Waals surface area (Å²) in [6, 6.07) is 0. The van der Waals surface area contributed by atoms with E-state index >= 15 is 0 Å². The van der Waals surface area contributed by atoms with Gasteiger partial charge in [0.25, 0.3) is 0 Å². The monoisotopic (exact) mass is 127 g/mol. The van der Waals surface area contributed by atoms with Crippen LogP contribution in [0, 0.1) is 5.92 Å². The van der Waals surface area contributed by atoms with Gasteiger partial charge in [-0.1, -0.05) is 6.92 Å². The zero-order valence-electron chi connectivity index (χ0n) is 5.98. The van der Waals surface area contributed by atoms with Gasteiger partial charge in [-0.25, -0.2) is 5.73 Å². The van der Waals surface area contributed by atoms with Crippen molar-refractivity contribution in [2.75, 3.05) is 6.54 Å². The fourth-order valence-corrected chi connectivity index (χ4v) is 0.896. The minimum Gasteiger partial charge on any atom is -0.301 e. The van der Waals surface area contributed by atoms with Gasteiger partial charge in [-0.2, -0.15) is 0 Å². The summed E-state index contributed by atoms with van der Waals surface area (Å²) in [5.41, 5.74) is 7.48. The van der Waals surface area contributed by atoms with E-state index in [9.17, 15) is 0 Å². The SMILES string of the molecule is CCCNC([NH])C1CC1. The Morgan fingerprint density at radius 1 is 1.67 bits per heavy atom. The quantitative estimate of drug-likeness (QED) is 0.601. The molecule has 1 aliphatic carbocycles. The van der Waals surface area contributed by atoms with Crippen molar-refractivity contribution in [1.29, 1.82) is 0 Å². The van der Waals surface area contributed by atoms with Crippen molar-refractivity contribution in [2.24, 2.45) is 5.92 Å². The molecule has 0 heterocycles. The fourth-order valence-electron chi connectivity index (χ4n) is 0.896. The van der Waals surface area contributed by atoms with Gasteiger partial charge in [-0.05, 0) is 31.7 Å². The summed E-state index contributed by atoms with van der Waals surface area (Å²) in [6.07, 6.45) is 3.71. The summed E-state index contributed by atoms with van der Waals surface area (Å²) in [5, 5.41) is 3.16. The maximum atomic E-state index is 7.48. The van der Waals surface area contributed by atoms with E-state index in [4.69, 9.17) is 5.73 Å². The molecule has 1 fully saturated rings. The lowest BCUT2D eigenvalue weighted by atomic mass is 10.3.